The van der Waals surface area contributed by atoms with Crippen molar-refractivity contribution in [3.8, 4) is 11.5 Å². The van der Waals surface area contributed by atoms with E-state index in [-0.39, 0.29) is 28.3 Å². The van der Waals surface area contributed by atoms with Crippen LogP contribution in [0.25, 0.3) is 22.6 Å². The van der Waals surface area contributed by atoms with Crippen LogP contribution in [0.15, 0.2) is 44.2 Å². The van der Waals surface area contributed by atoms with Crippen molar-refractivity contribution in [2.75, 3.05) is 0 Å². The van der Waals surface area contributed by atoms with Gasteiger partial charge in [0.05, 0.1) is 0 Å². The average molecular weight is 394 g/mol. The lowest BCUT2D eigenvalue weighted by Gasteiger charge is -2.09. The molecule has 3 heterocycles. The highest BCUT2D eigenvalue weighted by atomic mass is 16.6. The number of rotatable bonds is 4. The fourth-order valence-electron chi connectivity index (χ4n) is 3.00. The molecule has 0 aliphatic heterocycles. The normalized spacial score (nSPS) is 12.3. The quantitative estimate of drug-likeness (QED) is 0.485. The van der Waals surface area contributed by atoms with Crippen LogP contribution in [0.5, 0.6) is 0 Å². The number of nitrogens with zero attached hydrogens (tertiary/aromatic N) is 4. The topological polar surface area (TPSA) is 113 Å². The number of aromatic nitrogens is 4. The van der Waals surface area contributed by atoms with Crippen molar-refractivity contribution < 1.29 is 18.4 Å². The zero-order valence-electron chi connectivity index (χ0n) is 16.3. The lowest BCUT2D eigenvalue weighted by atomic mass is 10.1. The number of furan rings is 1. The lowest BCUT2D eigenvalue weighted by molar-refractivity contribution is 0.0280. The highest BCUT2D eigenvalue weighted by Gasteiger charge is 2.27. The van der Waals surface area contributed by atoms with Gasteiger partial charge in [-0.3, -0.25) is 4.79 Å². The molecule has 29 heavy (non-hydrogen) atoms. The molecule has 0 bridgehead atoms. The Kier molecular flexibility index (Phi) is 4.50. The first kappa shape index (κ1) is 18.6. The first-order valence-corrected chi connectivity index (χ1v) is 8.91. The molecule has 0 radical (unpaired) electrons. The summed E-state index contributed by atoms with van der Waals surface area (Å²) in [5, 5.41) is 8.08. The van der Waals surface area contributed by atoms with E-state index < -0.39 is 17.6 Å². The van der Waals surface area contributed by atoms with Crippen molar-refractivity contribution in [3.63, 3.8) is 0 Å². The third-order valence-corrected chi connectivity index (χ3v) is 4.49. The molecule has 3 aromatic heterocycles. The van der Waals surface area contributed by atoms with Gasteiger partial charge in [-0.2, -0.15) is 0 Å². The smallest absolute Gasteiger partial charge is 0.343 e. The summed E-state index contributed by atoms with van der Waals surface area (Å²) in [7, 11) is 1.54. The Hall–Kier alpha value is -3.75. The number of esters is 1. The summed E-state index contributed by atoms with van der Waals surface area (Å²) >= 11 is 0. The van der Waals surface area contributed by atoms with E-state index in [0.29, 0.717) is 5.89 Å². The molecule has 9 heteroatoms. The summed E-state index contributed by atoms with van der Waals surface area (Å²) in [6.07, 6.45) is 0.509. The molecule has 4 aromatic rings. The zero-order valence-corrected chi connectivity index (χ0v) is 16.3. The molecule has 0 fully saturated rings. The van der Waals surface area contributed by atoms with Gasteiger partial charge in [-0.1, -0.05) is 17.7 Å². The highest BCUT2D eigenvalue weighted by Crippen LogP contribution is 2.26. The van der Waals surface area contributed by atoms with Gasteiger partial charge in [0.25, 0.3) is 11.4 Å². The molecule has 0 aliphatic carbocycles. The van der Waals surface area contributed by atoms with Crippen LogP contribution in [0.1, 0.15) is 40.6 Å². The largest absolute Gasteiger partial charge is 0.449 e. The Balaban J connectivity index is 1.61. The molecule has 1 unspecified atom stereocenters. The molecular formula is C20H18N4O5. The Morgan fingerprint density at radius 3 is 2.76 bits per heavy atom. The second-order valence-electron chi connectivity index (χ2n) is 6.74. The predicted octanol–water partition coefficient (Wildman–Crippen LogP) is 3.11. The molecule has 0 amide bonds. The Bertz CT molecular complexity index is 1280. The predicted molar refractivity (Wildman–Crippen MR) is 102 cm³/mol. The van der Waals surface area contributed by atoms with Gasteiger partial charge in [0.15, 0.2) is 6.10 Å². The van der Waals surface area contributed by atoms with Crippen LogP contribution in [0, 0.1) is 13.8 Å². The summed E-state index contributed by atoms with van der Waals surface area (Å²) in [6.45, 7) is 5.15. The number of hydrogen-bond donors (Lipinski definition) is 0. The molecule has 0 spiro atoms. The molecule has 1 atom stereocenters. The molecule has 0 aliphatic rings. The van der Waals surface area contributed by atoms with Gasteiger partial charge in [0, 0.05) is 12.6 Å². The highest BCUT2D eigenvalue weighted by molar-refractivity contribution is 6.03. The van der Waals surface area contributed by atoms with Crippen molar-refractivity contribution >= 4 is 17.1 Å². The van der Waals surface area contributed by atoms with Crippen LogP contribution in [0.3, 0.4) is 0 Å². The number of fused-ring (bicyclic) bond motifs is 1. The van der Waals surface area contributed by atoms with E-state index >= 15 is 0 Å². The minimum Gasteiger partial charge on any atom is -0.449 e. The Morgan fingerprint density at radius 1 is 1.21 bits per heavy atom. The fourth-order valence-corrected chi connectivity index (χ4v) is 3.00. The molecule has 0 N–H and O–H groups in total. The maximum atomic E-state index is 12.8. The number of benzene rings is 1. The fraction of sp³-hybridized carbons (Fsp3) is 0.250. The molecule has 1 aromatic carbocycles. The first-order valence-electron chi connectivity index (χ1n) is 8.91. The molecular weight excluding hydrogens is 376 g/mol. The minimum atomic E-state index is -0.821. The van der Waals surface area contributed by atoms with Crippen molar-refractivity contribution in [2.24, 2.45) is 7.05 Å². The minimum absolute atomic E-state index is 0.0407. The first-order chi connectivity index (χ1) is 13.8. The van der Waals surface area contributed by atoms with E-state index in [1.807, 2.05) is 31.2 Å². The number of hydrogen-bond acceptors (Lipinski definition) is 8. The van der Waals surface area contributed by atoms with Crippen LogP contribution >= 0.6 is 0 Å². The lowest BCUT2D eigenvalue weighted by Crippen LogP contribution is -2.19. The van der Waals surface area contributed by atoms with Crippen molar-refractivity contribution in [1.82, 2.24) is 19.7 Å². The number of ether oxygens (including phenoxy) is 1. The second-order valence-corrected chi connectivity index (χ2v) is 6.74. The third kappa shape index (κ3) is 3.31. The van der Waals surface area contributed by atoms with Crippen LogP contribution < -0.4 is 5.56 Å². The van der Waals surface area contributed by atoms with Gasteiger partial charge in [0.1, 0.15) is 23.0 Å². The van der Waals surface area contributed by atoms with Crippen LogP contribution in [0.4, 0.5) is 0 Å². The van der Waals surface area contributed by atoms with Gasteiger partial charge in [-0.15, -0.1) is 10.2 Å². The molecule has 4 rings (SSSR count). The standard InChI is InChI=1S/C20H18N4O5/c1-10-6-5-7-13(8-10)17-23-22-16(29-17)12(3)28-20(26)14-11(2)27-18-15(14)19(25)24(4)9-21-18/h5-9,12H,1-4H3. The van der Waals surface area contributed by atoms with Gasteiger partial charge in [-0.25, -0.2) is 9.78 Å². The van der Waals surface area contributed by atoms with E-state index in [0.717, 1.165) is 11.1 Å². The van der Waals surface area contributed by atoms with E-state index in [4.69, 9.17) is 13.6 Å². The maximum Gasteiger partial charge on any atom is 0.343 e. The maximum absolute atomic E-state index is 12.8. The van der Waals surface area contributed by atoms with Crippen molar-refractivity contribution in [2.45, 2.75) is 26.9 Å². The van der Waals surface area contributed by atoms with Crippen LogP contribution in [0.2, 0.25) is 0 Å². The summed E-state index contributed by atoms with van der Waals surface area (Å²) < 4.78 is 17.8. The zero-order chi connectivity index (χ0) is 20.7. The van der Waals surface area contributed by atoms with E-state index in [1.54, 1.807) is 20.9 Å². The van der Waals surface area contributed by atoms with Gasteiger partial charge >= 0.3 is 5.97 Å². The number of carbonyl (C=O) groups is 1. The van der Waals surface area contributed by atoms with Gasteiger partial charge in [-0.05, 0) is 32.9 Å². The van der Waals surface area contributed by atoms with Crippen molar-refractivity contribution in [3.05, 3.63) is 63.7 Å². The van der Waals surface area contributed by atoms with Crippen LogP contribution in [-0.2, 0) is 11.8 Å². The summed E-state index contributed by atoms with van der Waals surface area (Å²) in [5.74, 6) is -0.00548. The Morgan fingerprint density at radius 2 is 2.00 bits per heavy atom. The average Bonchev–Trinajstić information content (AvgIpc) is 3.29. The number of carbonyl (C=O) groups excluding carboxylic acids is 1. The third-order valence-electron chi connectivity index (χ3n) is 4.49. The van der Waals surface area contributed by atoms with E-state index in [9.17, 15) is 9.59 Å². The van der Waals surface area contributed by atoms with E-state index in [2.05, 4.69) is 15.2 Å². The molecule has 0 saturated heterocycles. The van der Waals surface area contributed by atoms with Gasteiger partial charge < -0.3 is 18.1 Å². The summed E-state index contributed by atoms with van der Waals surface area (Å²) in [4.78, 5) is 29.2. The van der Waals surface area contributed by atoms with Crippen molar-refractivity contribution in [1.29, 1.82) is 0 Å². The Labute approximate surface area is 164 Å². The SMILES string of the molecule is Cc1cccc(-c2nnc(C(C)OC(=O)c3c(C)oc4ncn(C)c(=O)c34)o2)c1. The second kappa shape index (κ2) is 7.01. The summed E-state index contributed by atoms with van der Waals surface area (Å²) in [6, 6.07) is 7.61. The molecule has 0 saturated carbocycles. The molecule has 148 valence electrons. The monoisotopic (exact) mass is 394 g/mol. The summed E-state index contributed by atoms with van der Waals surface area (Å²) in [5.41, 5.74) is 1.56. The van der Waals surface area contributed by atoms with Crippen LogP contribution in [-0.4, -0.2) is 25.7 Å². The number of aryl methyl sites for hydroxylation is 3. The van der Waals surface area contributed by atoms with Gasteiger partial charge in [0.2, 0.25) is 11.6 Å². The molecule has 9 nitrogen and oxygen atoms in total. The van der Waals surface area contributed by atoms with E-state index in [1.165, 1.54) is 10.9 Å².